The molecule has 26 heavy (non-hydrogen) atoms. The summed E-state index contributed by atoms with van der Waals surface area (Å²) in [6.45, 7) is 2.27. The molecule has 0 radical (unpaired) electrons. The lowest BCUT2D eigenvalue weighted by Gasteiger charge is -2.23. The molecule has 0 saturated carbocycles. The highest BCUT2D eigenvalue weighted by Crippen LogP contribution is 2.26. The van der Waals surface area contributed by atoms with Crippen LogP contribution in [0.25, 0.3) is 11.0 Å². The molecule has 2 unspecified atom stereocenters. The molecule has 6 heteroatoms. The zero-order valence-corrected chi connectivity index (χ0v) is 15.6. The highest BCUT2D eigenvalue weighted by atomic mass is 32.2. The van der Waals surface area contributed by atoms with E-state index in [-0.39, 0.29) is 6.04 Å². The lowest BCUT2D eigenvalue weighted by atomic mass is 10.2. The summed E-state index contributed by atoms with van der Waals surface area (Å²) >= 11 is 0. The monoisotopic (exact) mass is 371 g/mol. The predicted octanol–water partition coefficient (Wildman–Crippen LogP) is 3.77. The molecule has 0 N–H and O–H groups in total. The van der Waals surface area contributed by atoms with Gasteiger partial charge in [-0.15, -0.1) is 0 Å². The quantitative estimate of drug-likeness (QED) is 0.566. The summed E-state index contributed by atoms with van der Waals surface area (Å²) < 4.78 is 23.5. The summed E-state index contributed by atoms with van der Waals surface area (Å²) in [4.78, 5) is 13.8. The van der Waals surface area contributed by atoms with Crippen LogP contribution in [-0.2, 0) is 15.6 Å². The van der Waals surface area contributed by atoms with Crippen LogP contribution in [0.3, 0.4) is 0 Å². The van der Waals surface area contributed by atoms with Crippen molar-refractivity contribution in [3.8, 4) is 5.75 Å². The summed E-state index contributed by atoms with van der Waals surface area (Å²) in [6.07, 6.45) is 0.778. The molecule has 0 fully saturated rings. The second kappa shape index (κ2) is 8.19. The van der Waals surface area contributed by atoms with Crippen molar-refractivity contribution in [2.24, 2.45) is 0 Å². The van der Waals surface area contributed by atoms with Gasteiger partial charge in [0, 0.05) is 22.6 Å². The van der Waals surface area contributed by atoms with Crippen LogP contribution in [0, 0.1) is 0 Å². The average molecular weight is 371 g/mol. The molecule has 136 valence electrons. The number of fused-ring (bicyclic) bond motifs is 1. The fourth-order valence-corrected chi connectivity index (χ4v) is 3.85. The summed E-state index contributed by atoms with van der Waals surface area (Å²) in [7, 11) is 0.358. The molecule has 2 atom stereocenters. The van der Waals surface area contributed by atoms with Gasteiger partial charge in [0.1, 0.15) is 17.1 Å². The third-order valence-electron chi connectivity index (χ3n) is 4.33. The smallest absolute Gasteiger partial charge is 0.210 e. The fourth-order valence-electron chi connectivity index (χ4n) is 2.76. The Morgan fingerprint density at radius 1 is 1.19 bits per heavy atom. The lowest BCUT2D eigenvalue weighted by Crippen LogP contribution is -2.29. The number of ether oxygens (including phenoxy) is 1. The first-order valence-electron chi connectivity index (χ1n) is 8.34. The van der Waals surface area contributed by atoms with Gasteiger partial charge >= 0.3 is 0 Å². The van der Waals surface area contributed by atoms with Crippen molar-refractivity contribution in [2.45, 2.75) is 17.9 Å². The molecule has 3 aromatic rings. The Balaban J connectivity index is 1.68. The predicted molar refractivity (Wildman–Crippen MR) is 102 cm³/mol. The van der Waals surface area contributed by atoms with Gasteiger partial charge in [-0.2, -0.15) is 0 Å². The molecule has 0 aliphatic rings. The molecule has 0 aliphatic heterocycles. The van der Waals surface area contributed by atoms with Crippen molar-refractivity contribution in [3.05, 3.63) is 60.4 Å². The zero-order valence-electron chi connectivity index (χ0n) is 14.8. The van der Waals surface area contributed by atoms with Crippen LogP contribution in [0.1, 0.15) is 18.7 Å². The van der Waals surface area contributed by atoms with Gasteiger partial charge in [0.05, 0.1) is 24.0 Å². The van der Waals surface area contributed by atoms with Gasteiger partial charge in [-0.25, -0.2) is 0 Å². The number of nitrogens with zero attached hydrogens (tertiary/aromatic N) is 1. The van der Waals surface area contributed by atoms with Crippen molar-refractivity contribution in [1.29, 1.82) is 0 Å². The third-order valence-corrected chi connectivity index (χ3v) is 5.66. The van der Waals surface area contributed by atoms with Crippen LogP contribution in [-0.4, -0.2) is 34.9 Å². The van der Waals surface area contributed by atoms with E-state index in [4.69, 9.17) is 9.15 Å². The third kappa shape index (κ3) is 3.96. The zero-order chi connectivity index (χ0) is 18.5. The second-order valence-electron chi connectivity index (χ2n) is 5.93. The maximum Gasteiger partial charge on any atom is 0.210 e. The van der Waals surface area contributed by atoms with E-state index >= 15 is 0 Å². The Morgan fingerprint density at radius 3 is 2.73 bits per heavy atom. The van der Waals surface area contributed by atoms with E-state index in [0.717, 1.165) is 17.4 Å². The maximum absolute atomic E-state index is 12.5. The number of rotatable bonds is 8. The van der Waals surface area contributed by atoms with Gasteiger partial charge in [0.15, 0.2) is 0 Å². The number of amides is 1. The number of para-hydroxylation sites is 1. The maximum atomic E-state index is 12.5. The fraction of sp³-hybridized carbons (Fsp3) is 0.250. The molecule has 5 nitrogen and oxygen atoms in total. The first-order chi connectivity index (χ1) is 12.6. The molecule has 2 aromatic carbocycles. The topological polar surface area (TPSA) is 59.8 Å². The largest absolute Gasteiger partial charge is 0.497 e. The minimum absolute atomic E-state index is 0.234. The summed E-state index contributed by atoms with van der Waals surface area (Å²) in [6, 6.07) is 16.6. The van der Waals surface area contributed by atoms with Crippen LogP contribution >= 0.6 is 0 Å². The first kappa shape index (κ1) is 18.2. The number of methoxy groups -OCH3 is 1. The summed E-state index contributed by atoms with van der Waals surface area (Å²) in [5.74, 6) is 1.72. The number of carbonyl (C=O) groups is 1. The molecule has 0 aliphatic carbocycles. The van der Waals surface area contributed by atoms with Crippen molar-refractivity contribution < 1.29 is 18.2 Å². The molecule has 1 aromatic heterocycles. The Hall–Kier alpha value is -2.60. The van der Waals surface area contributed by atoms with E-state index in [0.29, 0.717) is 28.7 Å². The highest BCUT2D eigenvalue weighted by Gasteiger charge is 2.19. The van der Waals surface area contributed by atoms with E-state index in [1.165, 1.54) is 0 Å². The number of furan rings is 1. The van der Waals surface area contributed by atoms with E-state index in [9.17, 15) is 9.00 Å². The molecule has 1 heterocycles. The molecular weight excluding hydrogens is 350 g/mol. The number of carbonyl (C=O) groups excluding carboxylic acids is 1. The van der Waals surface area contributed by atoms with Crippen LogP contribution in [0.2, 0.25) is 0 Å². The minimum atomic E-state index is -1.22. The number of hydrogen-bond donors (Lipinski definition) is 0. The second-order valence-corrected chi connectivity index (χ2v) is 7.51. The highest BCUT2D eigenvalue weighted by molar-refractivity contribution is 7.85. The summed E-state index contributed by atoms with van der Waals surface area (Å²) in [5, 5.41) is 1.00. The van der Waals surface area contributed by atoms with Gasteiger partial charge in [0.2, 0.25) is 6.41 Å². The Kier molecular flexibility index (Phi) is 5.73. The van der Waals surface area contributed by atoms with E-state index < -0.39 is 10.8 Å². The van der Waals surface area contributed by atoms with Crippen molar-refractivity contribution in [2.75, 3.05) is 19.4 Å². The molecule has 0 saturated heterocycles. The van der Waals surface area contributed by atoms with E-state index in [2.05, 4.69) is 0 Å². The number of benzene rings is 2. The van der Waals surface area contributed by atoms with Gasteiger partial charge < -0.3 is 14.1 Å². The van der Waals surface area contributed by atoms with Gasteiger partial charge in [-0.05, 0) is 37.3 Å². The van der Waals surface area contributed by atoms with Crippen LogP contribution in [0.4, 0.5) is 0 Å². The Labute approximate surface area is 155 Å². The molecule has 0 bridgehead atoms. The Bertz CT molecular complexity index is 888. The SMILES string of the molecule is COc1cccc(S(=O)CCN(C=O)C(C)c2cc3ccccc3o2)c1. The standard InChI is InChI=1S/C20H21NO4S/c1-15(20-12-16-6-3-4-9-19(16)25-20)21(14-22)10-11-26(23)18-8-5-7-17(13-18)24-2/h3-9,12-15H,10-11H2,1-2H3. The van der Waals surface area contributed by atoms with Gasteiger partial charge in [-0.1, -0.05) is 24.3 Å². The van der Waals surface area contributed by atoms with Crippen LogP contribution < -0.4 is 4.74 Å². The molecular formula is C20H21NO4S. The van der Waals surface area contributed by atoms with Crippen LogP contribution in [0.5, 0.6) is 5.75 Å². The van der Waals surface area contributed by atoms with Crippen molar-refractivity contribution in [3.63, 3.8) is 0 Å². The normalized spacial score (nSPS) is 13.3. The molecule has 3 rings (SSSR count). The van der Waals surface area contributed by atoms with E-state index in [1.807, 2.05) is 43.3 Å². The van der Waals surface area contributed by atoms with Crippen LogP contribution in [0.15, 0.2) is 63.9 Å². The van der Waals surface area contributed by atoms with Crippen molar-refractivity contribution in [1.82, 2.24) is 4.90 Å². The molecule has 1 amide bonds. The van der Waals surface area contributed by atoms with Crippen molar-refractivity contribution >= 4 is 28.2 Å². The number of hydrogen-bond acceptors (Lipinski definition) is 4. The van der Waals surface area contributed by atoms with E-state index in [1.54, 1.807) is 30.2 Å². The Morgan fingerprint density at radius 2 is 2.00 bits per heavy atom. The average Bonchev–Trinajstić information content (AvgIpc) is 3.12. The van der Waals surface area contributed by atoms with Gasteiger partial charge in [0.25, 0.3) is 0 Å². The van der Waals surface area contributed by atoms with Gasteiger partial charge in [-0.3, -0.25) is 9.00 Å². The lowest BCUT2D eigenvalue weighted by molar-refractivity contribution is -0.120. The molecule has 0 spiro atoms. The minimum Gasteiger partial charge on any atom is -0.497 e. The first-order valence-corrected chi connectivity index (χ1v) is 9.66. The summed E-state index contributed by atoms with van der Waals surface area (Å²) in [5.41, 5.74) is 0.792.